The van der Waals surface area contributed by atoms with Crippen LogP contribution >= 0.6 is 0 Å². The van der Waals surface area contributed by atoms with Gasteiger partial charge in [-0.05, 0) is 55.9 Å². The fourth-order valence-electron chi connectivity index (χ4n) is 5.04. The second kappa shape index (κ2) is 9.45. The second-order valence-electron chi connectivity index (χ2n) is 9.21. The van der Waals surface area contributed by atoms with Crippen molar-refractivity contribution in [2.24, 2.45) is 0 Å². The number of halogens is 4. The molecule has 1 saturated heterocycles. The number of nitrogens with zero attached hydrogens (tertiary/aromatic N) is 3. The summed E-state index contributed by atoms with van der Waals surface area (Å²) in [6.45, 7) is 1.77. The molecule has 1 aliphatic heterocycles. The van der Waals surface area contributed by atoms with Gasteiger partial charge in [-0.2, -0.15) is 18.3 Å². The average Bonchev–Trinajstić information content (AvgIpc) is 3.44. The molecule has 1 fully saturated rings. The van der Waals surface area contributed by atoms with Gasteiger partial charge in [0, 0.05) is 36.9 Å². The minimum atomic E-state index is -4.35. The van der Waals surface area contributed by atoms with Crippen LogP contribution in [0.2, 0.25) is 0 Å². The maximum atomic E-state index is 14.4. The Labute approximate surface area is 200 Å². The van der Waals surface area contributed by atoms with E-state index in [0.717, 1.165) is 36.6 Å². The van der Waals surface area contributed by atoms with Gasteiger partial charge in [0.15, 0.2) is 5.69 Å². The Balaban J connectivity index is 1.22. The van der Waals surface area contributed by atoms with Crippen LogP contribution in [0.4, 0.5) is 17.6 Å². The molecule has 0 spiro atoms. The number of piperidine rings is 1. The van der Waals surface area contributed by atoms with Gasteiger partial charge in [-0.15, -0.1) is 0 Å². The topological polar surface area (TPSA) is 50.2 Å². The van der Waals surface area contributed by atoms with Crippen molar-refractivity contribution in [1.82, 2.24) is 20.0 Å². The summed E-state index contributed by atoms with van der Waals surface area (Å²) < 4.78 is 54.9. The smallest absolute Gasteiger partial charge is 0.348 e. The molecule has 1 N–H and O–H groups in total. The predicted molar refractivity (Wildman–Crippen MR) is 123 cm³/mol. The van der Waals surface area contributed by atoms with E-state index < -0.39 is 11.7 Å². The van der Waals surface area contributed by atoms with Crippen molar-refractivity contribution in [3.05, 3.63) is 82.4 Å². The fraction of sp³-hybridized carbons (Fsp3) is 0.385. The molecule has 0 atom stereocenters. The first-order valence-corrected chi connectivity index (χ1v) is 11.8. The zero-order chi connectivity index (χ0) is 24.6. The number of rotatable bonds is 5. The molecule has 2 aromatic carbocycles. The summed E-state index contributed by atoms with van der Waals surface area (Å²) in [5, 5.41) is 7.56. The summed E-state index contributed by atoms with van der Waals surface area (Å²) in [4.78, 5) is 15.2. The molecular weight excluding hydrogens is 460 g/mol. The number of fused-ring (bicyclic) bond motifs is 1. The Morgan fingerprint density at radius 2 is 1.83 bits per heavy atom. The Morgan fingerprint density at radius 1 is 1.06 bits per heavy atom. The van der Waals surface area contributed by atoms with Crippen LogP contribution in [0.25, 0.3) is 5.69 Å². The molecule has 2 aliphatic rings. The summed E-state index contributed by atoms with van der Waals surface area (Å²) >= 11 is 0. The highest BCUT2D eigenvalue weighted by Gasteiger charge is 2.31. The maximum absolute atomic E-state index is 14.4. The first-order valence-electron chi connectivity index (χ1n) is 11.8. The van der Waals surface area contributed by atoms with Crippen molar-refractivity contribution in [3.8, 4) is 5.69 Å². The molecule has 9 heteroatoms. The zero-order valence-electron chi connectivity index (χ0n) is 19.1. The van der Waals surface area contributed by atoms with Gasteiger partial charge in [0.1, 0.15) is 11.5 Å². The van der Waals surface area contributed by atoms with E-state index in [1.165, 1.54) is 18.2 Å². The standard InChI is InChI=1S/C26H26F4N4O/c27-21-8-1-2-9-23(21)34-22-10-4-7-20(22)24(32-34)25(35)31-19-11-13-33(14-12-19)16-17-5-3-6-18(15-17)26(28,29)30/h1-3,5-6,8-9,15,19H,4,7,10-14,16H2,(H,31,35). The van der Waals surface area contributed by atoms with Crippen LogP contribution in [-0.4, -0.2) is 39.7 Å². The van der Waals surface area contributed by atoms with Crippen molar-refractivity contribution in [2.45, 2.75) is 50.9 Å². The maximum Gasteiger partial charge on any atom is 0.416 e. The highest BCUT2D eigenvalue weighted by Crippen LogP contribution is 2.31. The SMILES string of the molecule is O=C(NC1CCN(Cc2cccc(C(F)(F)F)c2)CC1)c1nn(-c2ccccc2F)c2c1CCC2. The lowest BCUT2D eigenvalue weighted by Gasteiger charge is -2.32. The van der Waals surface area contributed by atoms with Crippen molar-refractivity contribution >= 4 is 5.91 Å². The Morgan fingerprint density at radius 3 is 2.57 bits per heavy atom. The molecule has 0 unspecified atom stereocenters. The molecule has 1 aromatic heterocycles. The largest absolute Gasteiger partial charge is 0.416 e. The minimum absolute atomic E-state index is 0.0454. The minimum Gasteiger partial charge on any atom is -0.348 e. The molecule has 0 bridgehead atoms. The number of benzene rings is 2. The number of para-hydroxylation sites is 1. The zero-order valence-corrected chi connectivity index (χ0v) is 19.1. The van der Waals surface area contributed by atoms with E-state index in [2.05, 4.69) is 15.3 Å². The van der Waals surface area contributed by atoms with Crippen molar-refractivity contribution in [3.63, 3.8) is 0 Å². The van der Waals surface area contributed by atoms with Gasteiger partial charge in [0.2, 0.25) is 0 Å². The molecule has 3 aromatic rings. The fourth-order valence-corrected chi connectivity index (χ4v) is 5.04. The van der Waals surface area contributed by atoms with Gasteiger partial charge < -0.3 is 5.32 Å². The summed E-state index contributed by atoms with van der Waals surface area (Å²) in [5.41, 5.74) is 2.44. The second-order valence-corrected chi connectivity index (χ2v) is 9.21. The number of amides is 1. The lowest BCUT2D eigenvalue weighted by Crippen LogP contribution is -2.44. The predicted octanol–water partition coefficient (Wildman–Crippen LogP) is 4.91. The van der Waals surface area contributed by atoms with E-state index in [-0.39, 0.29) is 17.8 Å². The van der Waals surface area contributed by atoms with Crippen molar-refractivity contribution < 1.29 is 22.4 Å². The van der Waals surface area contributed by atoms with Crippen LogP contribution in [0.3, 0.4) is 0 Å². The number of alkyl halides is 3. The average molecular weight is 487 g/mol. The van der Waals surface area contributed by atoms with E-state index in [4.69, 9.17) is 0 Å². The highest BCUT2D eigenvalue weighted by atomic mass is 19.4. The Kier molecular flexibility index (Phi) is 6.35. The summed E-state index contributed by atoms with van der Waals surface area (Å²) in [5.74, 6) is -0.639. The number of nitrogens with one attached hydrogen (secondary N) is 1. The van der Waals surface area contributed by atoms with Gasteiger partial charge in [0.25, 0.3) is 5.91 Å². The van der Waals surface area contributed by atoms with E-state index in [1.54, 1.807) is 28.9 Å². The first kappa shape index (κ1) is 23.5. The molecule has 5 nitrogen and oxygen atoms in total. The molecule has 2 heterocycles. The van der Waals surface area contributed by atoms with E-state index in [1.807, 2.05) is 0 Å². The number of likely N-dealkylation sites (tertiary alicyclic amines) is 1. The van der Waals surface area contributed by atoms with E-state index in [0.29, 0.717) is 49.4 Å². The van der Waals surface area contributed by atoms with Crippen LogP contribution in [0.1, 0.15) is 52.1 Å². The number of hydrogen-bond acceptors (Lipinski definition) is 3. The third kappa shape index (κ3) is 4.96. The Bertz CT molecular complexity index is 1230. The van der Waals surface area contributed by atoms with Crippen molar-refractivity contribution in [2.75, 3.05) is 13.1 Å². The number of aromatic nitrogens is 2. The van der Waals surface area contributed by atoms with Crippen molar-refractivity contribution in [1.29, 1.82) is 0 Å². The third-order valence-electron chi connectivity index (χ3n) is 6.81. The summed E-state index contributed by atoms with van der Waals surface area (Å²) in [6, 6.07) is 11.8. The van der Waals surface area contributed by atoms with Crippen LogP contribution < -0.4 is 5.32 Å². The number of carbonyl (C=O) groups excluding carboxylic acids is 1. The van der Waals surface area contributed by atoms with E-state index in [9.17, 15) is 22.4 Å². The number of carbonyl (C=O) groups is 1. The lowest BCUT2D eigenvalue weighted by molar-refractivity contribution is -0.137. The highest BCUT2D eigenvalue weighted by molar-refractivity contribution is 5.94. The van der Waals surface area contributed by atoms with Gasteiger partial charge in [-0.3, -0.25) is 9.69 Å². The molecule has 1 amide bonds. The Hall–Kier alpha value is -3.20. The van der Waals surface area contributed by atoms with E-state index >= 15 is 0 Å². The molecule has 35 heavy (non-hydrogen) atoms. The van der Waals surface area contributed by atoms with Gasteiger partial charge >= 0.3 is 6.18 Å². The van der Waals surface area contributed by atoms with Gasteiger partial charge in [-0.1, -0.05) is 30.3 Å². The molecule has 184 valence electrons. The molecule has 0 saturated carbocycles. The van der Waals surface area contributed by atoms with Crippen LogP contribution in [-0.2, 0) is 25.6 Å². The quantitative estimate of drug-likeness (QED) is 0.522. The lowest BCUT2D eigenvalue weighted by atomic mass is 10.0. The molecule has 0 radical (unpaired) electrons. The third-order valence-corrected chi connectivity index (χ3v) is 6.81. The summed E-state index contributed by atoms with van der Waals surface area (Å²) in [6.07, 6.45) is -0.579. The molecule has 5 rings (SSSR count). The first-order chi connectivity index (χ1) is 16.8. The molecular formula is C26H26F4N4O. The van der Waals surface area contributed by atoms with Crippen LogP contribution in [0, 0.1) is 5.82 Å². The molecule has 1 aliphatic carbocycles. The van der Waals surface area contributed by atoms with Gasteiger partial charge in [-0.25, -0.2) is 9.07 Å². The summed E-state index contributed by atoms with van der Waals surface area (Å²) in [7, 11) is 0. The van der Waals surface area contributed by atoms with Crippen LogP contribution in [0.15, 0.2) is 48.5 Å². The normalized spacial score (nSPS) is 16.9. The monoisotopic (exact) mass is 486 g/mol. The number of hydrogen-bond donors (Lipinski definition) is 1. The van der Waals surface area contributed by atoms with Gasteiger partial charge in [0.05, 0.1) is 5.56 Å². The van der Waals surface area contributed by atoms with Crippen LogP contribution in [0.5, 0.6) is 0 Å².